The minimum Gasteiger partial charge on any atom is -0.507 e. The summed E-state index contributed by atoms with van der Waals surface area (Å²) < 4.78 is 38.6. The summed E-state index contributed by atoms with van der Waals surface area (Å²) in [6, 6.07) is 9.59. The molecule has 0 unspecified atom stereocenters. The number of ether oxygens (including phenoxy) is 2. The Kier molecular flexibility index (Phi) is 7.63. The molecule has 174 valence electrons. The maximum Gasteiger partial charge on any atom is 0.254 e. The zero-order chi connectivity index (χ0) is 23.3. The normalized spacial score (nSPS) is 14.9. The molecule has 1 N–H and O–H groups in total. The predicted octanol–water partition coefficient (Wildman–Crippen LogP) is 3.03. The molecule has 0 aliphatic carbocycles. The molecule has 1 amide bonds. The Morgan fingerprint density at radius 3 is 2.38 bits per heavy atom. The molecule has 1 fully saturated rings. The van der Waals surface area contributed by atoms with Crippen LogP contribution in [0.4, 0.5) is 0 Å². The Morgan fingerprint density at radius 2 is 1.72 bits per heavy atom. The lowest BCUT2D eigenvalue weighted by atomic mass is 10.1. The molecule has 8 nitrogen and oxygen atoms in total. The van der Waals surface area contributed by atoms with Crippen molar-refractivity contribution in [2.24, 2.45) is 0 Å². The van der Waals surface area contributed by atoms with E-state index in [1.807, 2.05) is 13.8 Å². The summed E-state index contributed by atoms with van der Waals surface area (Å²) in [6.45, 7) is 7.45. The van der Waals surface area contributed by atoms with Crippen molar-refractivity contribution in [2.75, 3.05) is 39.4 Å². The van der Waals surface area contributed by atoms with Gasteiger partial charge in [-0.3, -0.25) is 4.79 Å². The van der Waals surface area contributed by atoms with Gasteiger partial charge in [0.25, 0.3) is 5.91 Å². The van der Waals surface area contributed by atoms with Gasteiger partial charge >= 0.3 is 0 Å². The zero-order valence-corrected chi connectivity index (χ0v) is 19.5. The van der Waals surface area contributed by atoms with Crippen molar-refractivity contribution in [3.63, 3.8) is 0 Å². The summed E-state index contributed by atoms with van der Waals surface area (Å²) in [7, 11) is -3.85. The number of aryl methyl sites for hydroxylation is 1. The fourth-order valence-electron chi connectivity index (χ4n) is 3.52. The monoisotopic (exact) mass is 462 g/mol. The van der Waals surface area contributed by atoms with E-state index in [1.165, 1.54) is 16.4 Å². The van der Waals surface area contributed by atoms with Crippen LogP contribution in [0, 0.1) is 6.92 Å². The molecule has 1 aliphatic heterocycles. The number of nitrogens with zero attached hydrogens (tertiary/aromatic N) is 2. The molecule has 1 saturated heterocycles. The molecule has 0 atom stereocenters. The minimum absolute atomic E-state index is 0.110. The number of phenols is 1. The van der Waals surface area contributed by atoms with Crippen molar-refractivity contribution in [1.82, 2.24) is 9.21 Å². The van der Waals surface area contributed by atoms with E-state index < -0.39 is 10.0 Å². The number of hydrogen-bond acceptors (Lipinski definition) is 6. The molecule has 0 aromatic heterocycles. The molecule has 3 rings (SSSR count). The Labute approximate surface area is 189 Å². The molecule has 1 aliphatic rings. The lowest BCUT2D eigenvalue weighted by molar-refractivity contribution is 0.0697. The van der Waals surface area contributed by atoms with Gasteiger partial charge in [0.05, 0.1) is 13.2 Å². The maximum absolute atomic E-state index is 13.0. The second kappa shape index (κ2) is 10.2. The van der Waals surface area contributed by atoms with Crippen molar-refractivity contribution in [2.45, 2.75) is 32.1 Å². The van der Waals surface area contributed by atoms with E-state index in [1.54, 1.807) is 36.1 Å². The number of carbonyl (C=O) groups excluding carboxylic acids is 1. The van der Waals surface area contributed by atoms with Crippen molar-refractivity contribution >= 4 is 15.9 Å². The zero-order valence-electron chi connectivity index (χ0n) is 18.7. The minimum atomic E-state index is -3.85. The van der Waals surface area contributed by atoms with Crippen LogP contribution in [0.25, 0.3) is 0 Å². The van der Waals surface area contributed by atoms with Crippen LogP contribution < -0.4 is 9.47 Å². The van der Waals surface area contributed by atoms with Gasteiger partial charge in [0.2, 0.25) is 10.0 Å². The molecular formula is C23H30N2O6S. The van der Waals surface area contributed by atoms with Crippen LogP contribution in [-0.2, 0) is 10.0 Å². The summed E-state index contributed by atoms with van der Waals surface area (Å²) in [5, 5.41) is 10.0. The van der Waals surface area contributed by atoms with Crippen LogP contribution in [-0.4, -0.2) is 68.0 Å². The summed E-state index contributed by atoms with van der Waals surface area (Å²) in [4.78, 5) is 14.5. The first-order valence-corrected chi connectivity index (χ1v) is 12.2. The van der Waals surface area contributed by atoms with E-state index in [0.29, 0.717) is 30.3 Å². The highest BCUT2D eigenvalue weighted by Crippen LogP contribution is 2.30. The Hall–Kier alpha value is -2.78. The van der Waals surface area contributed by atoms with E-state index >= 15 is 0 Å². The molecule has 0 radical (unpaired) electrons. The summed E-state index contributed by atoms with van der Waals surface area (Å²) in [5.41, 5.74) is 1.21. The Morgan fingerprint density at radius 1 is 1.00 bits per heavy atom. The van der Waals surface area contributed by atoms with Gasteiger partial charge in [-0.15, -0.1) is 0 Å². The topological polar surface area (TPSA) is 96.4 Å². The number of hydrogen-bond donors (Lipinski definition) is 1. The molecule has 0 bridgehead atoms. The van der Waals surface area contributed by atoms with E-state index in [0.717, 1.165) is 12.0 Å². The fraction of sp³-hybridized carbons (Fsp3) is 0.435. The van der Waals surface area contributed by atoms with Gasteiger partial charge < -0.3 is 19.5 Å². The number of sulfonamides is 1. The Bertz CT molecular complexity index is 1060. The lowest BCUT2D eigenvalue weighted by Crippen LogP contribution is -2.50. The van der Waals surface area contributed by atoms with Crippen molar-refractivity contribution in [3.05, 3.63) is 47.5 Å². The number of rotatable bonds is 8. The van der Waals surface area contributed by atoms with Gasteiger partial charge in [0.15, 0.2) is 11.5 Å². The van der Waals surface area contributed by atoms with Gasteiger partial charge in [-0.25, -0.2) is 8.42 Å². The molecule has 2 aromatic carbocycles. The lowest BCUT2D eigenvalue weighted by Gasteiger charge is -2.34. The number of carbonyl (C=O) groups is 1. The number of piperazine rings is 1. The van der Waals surface area contributed by atoms with Crippen molar-refractivity contribution in [3.8, 4) is 17.2 Å². The van der Waals surface area contributed by atoms with Crippen LogP contribution in [0.3, 0.4) is 0 Å². The van der Waals surface area contributed by atoms with E-state index in [-0.39, 0.29) is 42.7 Å². The van der Waals surface area contributed by atoms with E-state index in [9.17, 15) is 18.3 Å². The second-order valence-corrected chi connectivity index (χ2v) is 9.52. The highest BCUT2D eigenvalue weighted by Gasteiger charge is 2.32. The van der Waals surface area contributed by atoms with Crippen LogP contribution in [0.1, 0.15) is 36.2 Å². The summed E-state index contributed by atoms with van der Waals surface area (Å²) in [5.74, 6) is 0.647. The molecule has 0 saturated carbocycles. The number of amides is 1. The fourth-order valence-corrected chi connectivity index (χ4v) is 5.11. The number of aromatic hydroxyl groups is 1. The van der Waals surface area contributed by atoms with E-state index in [2.05, 4.69) is 0 Å². The van der Waals surface area contributed by atoms with Gasteiger partial charge in [-0.1, -0.05) is 13.0 Å². The van der Waals surface area contributed by atoms with Gasteiger partial charge in [-0.2, -0.15) is 4.31 Å². The average Bonchev–Trinajstić information content (AvgIpc) is 2.79. The molecule has 9 heteroatoms. The largest absolute Gasteiger partial charge is 0.507 e. The third-order valence-electron chi connectivity index (χ3n) is 5.21. The highest BCUT2D eigenvalue weighted by atomic mass is 32.2. The SMILES string of the molecule is CCCOc1ccc(C(=O)N2CCN(S(=O)(=O)c3cc(C)ccc3O)CC2)cc1OCC. The molecule has 32 heavy (non-hydrogen) atoms. The summed E-state index contributed by atoms with van der Waals surface area (Å²) >= 11 is 0. The average molecular weight is 463 g/mol. The molecule has 2 aromatic rings. The smallest absolute Gasteiger partial charge is 0.254 e. The van der Waals surface area contributed by atoms with Crippen LogP contribution in [0.15, 0.2) is 41.3 Å². The van der Waals surface area contributed by atoms with Crippen LogP contribution >= 0.6 is 0 Å². The quantitative estimate of drug-likeness (QED) is 0.648. The van der Waals surface area contributed by atoms with Gasteiger partial charge in [0.1, 0.15) is 10.6 Å². The third kappa shape index (κ3) is 5.16. The third-order valence-corrected chi connectivity index (χ3v) is 7.14. The first kappa shape index (κ1) is 23.9. The standard InChI is InChI=1S/C23H30N2O6S/c1-4-14-31-20-9-7-18(16-21(20)30-5-2)23(27)24-10-12-25(13-11-24)32(28,29)22-15-17(3)6-8-19(22)26/h6-9,15-16,26H,4-5,10-14H2,1-3H3. The van der Waals surface area contributed by atoms with Gasteiger partial charge in [0, 0.05) is 31.7 Å². The van der Waals surface area contributed by atoms with Crippen molar-refractivity contribution in [1.29, 1.82) is 0 Å². The predicted molar refractivity (Wildman–Crippen MR) is 121 cm³/mol. The first-order chi connectivity index (χ1) is 15.3. The molecule has 0 spiro atoms. The van der Waals surface area contributed by atoms with Crippen LogP contribution in [0.2, 0.25) is 0 Å². The van der Waals surface area contributed by atoms with Gasteiger partial charge in [-0.05, 0) is 56.2 Å². The number of benzene rings is 2. The second-order valence-electron chi connectivity index (χ2n) is 7.61. The van der Waals surface area contributed by atoms with Crippen molar-refractivity contribution < 1.29 is 27.8 Å². The van der Waals surface area contributed by atoms with Crippen LogP contribution in [0.5, 0.6) is 17.2 Å². The van der Waals surface area contributed by atoms with E-state index in [4.69, 9.17) is 9.47 Å². The number of phenolic OH excluding ortho intramolecular Hbond substituents is 1. The Balaban J connectivity index is 1.71. The highest BCUT2D eigenvalue weighted by molar-refractivity contribution is 7.89. The molecule has 1 heterocycles. The maximum atomic E-state index is 13.0. The first-order valence-electron chi connectivity index (χ1n) is 10.8. The summed E-state index contributed by atoms with van der Waals surface area (Å²) in [6.07, 6.45) is 0.861. The molecular weight excluding hydrogens is 432 g/mol.